The first kappa shape index (κ1) is 18.4. The van der Waals surface area contributed by atoms with E-state index in [1.54, 1.807) is 36.1 Å². The molecule has 0 aliphatic rings. The molecule has 4 aromatic rings. The molecule has 0 aliphatic carbocycles. The minimum atomic E-state index is -0.408. The molecule has 140 valence electrons. The van der Waals surface area contributed by atoms with Crippen LogP contribution < -0.4 is 5.32 Å². The molecule has 28 heavy (non-hydrogen) atoms. The Kier molecular flexibility index (Phi) is 5.23. The number of thioether (sulfide) groups is 1. The van der Waals surface area contributed by atoms with E-state index in [2.05, 4.69) is 25.4 Å². The average Bonchev–Trinajstić information content (AvgIpc) is 3.15. The number of hydrogen-bond donors (Lipinski definition) is 1. The van der Waals surface area contributed by atoms with E-state index in [0.29, 0.717) is 16.4 Å². The SMILES string of the molecule is CC(Sc1ncnc2c1cnn2-c1ccccc1)C(=O)Nc1cccnc1Cl. The first-order valence-electron chi connectivity index (χ1n) is 8.45. The van der Waals surface area contributed by atoms with Crippen molar-refractivity contribution < 1.29 is 4.79 Å². The molecule has 3 aromatic heterocycles. The van der Waals surface area contributed by atoms with E-state index in [1.165, 1.54) is 18.1 Å². The number of nitrogens with zero attached hydrogens (tertiary/aromatic N) is 5. The molecule has 1 N–H and O–H groups in total. The van der Waals surface area contributed by atoms with Crippen molar-refractivity contribution in [1.29, 1.82) is 0 Å². The van der Waals surface area contributed by atoms with Gasteiger partial charge in [0.2, 0.25) is 5.91 Å². The molecule has 3 heterocycles. The van der Waals surface area contributed by atoms with Crippen LogP contribution >= 0.6 is 23.4 Å². The lowest BCUT2D eigenvalue weighted by Crippen LogP contribution is -2.22. The quantitative estimate of drug-likeness (QED) is 0.304. The van der Waals surface area contributed by atoms with Crippen molar-refractivity contribution in [3.8, 4) is 5.69 Å². The van der Waals surface area contributed by atoms with Crippen LogP contribution in [-0.4, -0.2) is 35.9 Å². The number of pyridine rings is 1. The Morgan fingerprint density at radius 2 is 1.96 bits per heavy atom. The van der Waals surface area contributed by atoms with Crippen molar-refractivity contribution in [1.82, 2.24) is 24.7 Å². The summed E-state index contributed by atoms with van der Waals surface area (Å²) in [5.74, 6) is -0.192. The van der Waals surface area contributed by atoms with E-state index in [0.717, 1.165) is 11.1 Å². The second kappa shape index (κ2) is 7.95. The van der Waals surface area contributed by atoms with E-state index in [1.807, 2.05) is 30.3 Å². The van der Waals surface area contributed by atoms with Gasteiger partial charge in [-0.2, -0.15) is 5.10 Å². The van der Waals surface area contributed by atoms with Crippen LogP contribution in [0, 0.1) is 0 Å². The van der Waals surface area contributed by atoms with Crippen LogP contribution in [0.3, 0.4) is 0 Å². The molecule has 7 nitrogen and oxygen atoms in total. The topological polar surface area (TPSA) is 85.6 Å². The Labute approximate surface area is 170 Å². The summed E-state index contributed by atoms with van der Waals surface area (Å²) in [5.41, 5.74) is 2.07. The molecule has 0 aliphatic heterocycles. The van der Waals surface area contributed by atoms with Crippen molar-refractivity contribution in [3.05, 3.63) is 66.3 Å². The van der Waals surface area contributed by atoms with Gasteiger partial charge in [0.25, 0.3) is 0 Å². The average molecular weight is 411 g/mol. The van der Waals surface area contributed by atoms with E-state index in [9.17, 15) is 4.79 Å². The van der Waals surface area contributed by atoms with Gasteiger partial charge in [-0.05, 0) is 31.2 Å². The van der Waals surface area contributed by atoms with Crippen molar-refractivity contribution in [2.24, 2.45) is 0 Å². The lowest BCUT2D eigenvalue weighted by molar-refractivity contribution is -0.115. The number of rotatable bonds is 5. The highest BCUT2D eigenvalue weighted by atomic mass is 35.5. The van der Waals surface area contributed by atoms with Crippen molar-refractivity contribution in [3.63, 3.8) is 0 Å². The Morgan fingerprint density at radius 3 is 2.75 bits per heavy atom. The minimum absolute atomic E-state index is 0.192. The maximum absolute atomic E-state index is 12.5. The number of amides is 1. The van der Waals surface area contributed by atoms with Gasteiger partial charge in [0.1, 0.15) is 11.4 Å². The van der Waals surface area contributed by atoms with E-state index in [-0.39, 0.29) is 11.1 Å². The molecule has 0 spiro atoms. The number of benzene rings is 1. The van der Waals surface area contributed by atoms with Crippen LogP contribution in [0.1, 0.15) is 6.92 Å². The predicted molar refractivity (Wildman–Crippen MR) is 110 cm³/mol. The summed E-state index contributed by atoms with van der Waals surface area (Å²) in [5, 5.41) is 8.54. The van der Waals surface area contributed by atoms with Gasteiger partial charge in [-0.3, -0.25) is 4.79 Å². The van der Waals surface area contributed by atoms with Crippen LogP contribution in [0.2, 0.25) is 5.15 Å². The Bertz CT molecular complexity index is 1130. The molecule has 0 bridgehead atoms. The van der Waals surface area contributed by atoms with Gasteiger partial charge in [-0.25, -0.2) is 19.6 Å². The summed E-state index contributed by atoms with van der Waals surface area (Å²) in [6.07, 6.45) is 4.76. The molecule has 9 heteroatoms. The third kappa shape index (κ3) is 3.69. The summed E-state index contributed by atoms with van der Waals surface area (Å²) >= 11 is 7.34. The second-order valence-corrected chi connectivity index (χ2v) is 7.59. The highest BCUT2D eigenvalue weighted by Gasteiger charge is 2.19. The van der Waals surface area contributed by atoms with E-state index < -0.39 is 5.25 Å². The van der Waals surface area contributed by atoms with Gasteiger partial charge in [0, 0.05) is 6.20 Å². The molecule has 0 saturated heterocycles. The number of carbonyl (C=O) groups excluding carboxylic acids is 1. The monoisotopic (exact) mass is 410 g/mol. The summed E-state index contributed by atoms with van der Waals surface area (Å²) in [6.45, 7) is 1.81. The number of halogens is 1. The lowest BCUT2D eigenvalue weighted by atomic mass is 10.3. The summed E-state index contributed by atoms with van der Waals surface area (Å²) in [7, 11) is 0. The fourth-order valence-corrected chi connectivity index (χ4v) is 3.66. The Hall–Kier alpha value is -2.97. The van der Waals surface area contributed by atoms with Gasteiger partial charge in [0.15, 0.2) is 10.8 Å². The first-order chi connectivity index (χ1) is 13.6. The second-order valence-electron chi connectivity index (χ2n) is 5.90. The third-order valence-corrected chi connectivity index (χ3v) is 5.42. The zero-order valence-corrected chi connectivity index (χ0v) is 16.4. The summed E-state index contributed by atoms with van der Waals surface area (Å²) in [4.78, 5) is 25.2. The van der Waals surface area contributed by atoms with Crippen molar-refractivity contribution >= 4 is 46.0 Å². The molecule has 4 rings (SSSR count). The van der Waals surface area contributed by atoms with Crippen LogP contribution in [0.25, 0.3) is 16.7 Å². The number of fused-ring (bicyclic) bond motifs is 1. The summed E-state index contributed by atoms with van der Waals surface area (Å²) < 4.78 is 1.75. The molecular formula is C19H15ClN6OS. The van der Waals surface area contributed by atoms with Crippen molar-refractivity contribution in [2.75, 3.05) is 5.32 Å². The van der Waals surface area contributed by atoms with Crippen LogP contribution in [0.5, 0.6) is 0 Å². The molecule has 1 aromatic carbocycles. The fraction of sp³-hybridized carbons (Fsp3) is 0.105. The molecule has 1 amide bonds. The largest absolute Gasteiger partial charge is 0.322 e. The van der Waals surface area contributed by atoms with Gasteiger partial charge in [-0.15, -0.1) is 0 Å². The van der Waals surface area contributed by atoms with E-state index >= 15 is 0 Å². The smallest absolute Gasteiger partial charge is 0.237 e. The van der Waals surface area contributed by atoms with Crippen LogP contribution in [0.15, 0.2) is 66.2 Å². The maximum atomic E-state index is 12.5. The molecule has 0 saturated carbocycles. The number of aromatic nitrogens is 5. The fourth-order valence-electron chi connectivity index (χ4n) is 2.61. The molecule has 0 fully saturated rings. The molecular weight excluding hydrogens is 396 g/mol. The van der Waals surface area contributed by atoms with E-state index in [4.69, 9.17) is 11.6 Å². The van der Waals surface area contributed by atoms with Gasteiger partial charge in [0.05, 0.1) is 28.2 Å². The zero-order valence-electron chi connectivity index (χ0n) is 14.8. The first-order valence-corrected chi connectivity index (χ1v) is 9.71. The normalized spacial score (nSPS) is 12.1. The van der Waals surface area contributed by atoms with Crippen molar-refractivity contribution in [2.45, 2.75) is 17.2 Å². The zero-order chi connectivity index (χ0) is 19.5. The maximum Gasteiger partial charge on any atom is 0.237 e. The number of anilines is 1. The van der Waals surface area contributed by atoms with Gasteiger partial charge >= 0.3 is 0 Å². The number of nitrogens with one attached hydrogen (secondary N) is 1. The Balaban J connectivity index is 1.57. The third-order valence-electron chi connectivity index (χ3n) is 4.00. The predicted octanol–water partition coefficient (Wildman–Crippen LogP) is 3.98. The van der Waals surface area contributed by atoms with Gasteiger partial charge < -0.3 is 5.32 Å². The van der Waals surface area contributed by atoms with Crippen LogP contribution in [0.4, 0.5) is 5.69 Å². The molecule has 1 atom stereocenters. The van der Waals surface area contributed by atoms with Gasteiger partial charge in [-0.1, -0.05) is 41.6 Å². The lowest BCUT2D eigenvalue weighted by Gasteiger charge is -2.12. The highest BCUT2D eigenvalue weighted by Crippen LogP contribution is 2.29. The standard InChI is InChI=1S/C19H15ClN6OS/c1-12(18(27)25-15-8-5-9-21-16(15)20)28-19-14-10-24-26(17(14)22-11-23-19)13-6-3-2-4-7-13/h2-12H,1H3,(H,25,27). The number of carbonyl (C=O) groups is 1. The number of para-hydroxylation sites is 1. The molecule has 0 radical (unpaired) electrons. The van der Waals surface area contributed by atoms with Crippen LogP contribution in [-0.2, 0) is 4.79 Å². The Morgan fingerprint density at radius 1 is 1.14 bits per heavy atom. The minimum Gasteiger partial charge on any atom is -0.322 e. The highest BCUT2D eigenvalue weighted by molar-refractivity contribution is 8.00. The molecule has 1 unspecified atom stereocenters. The number of hydrogen-bond acceptors (Lipinski definition) is 6. The summed E-state index contributed by atoms with van der Waals surface area (Å²) in [6, 6.07) is 13.2.